The first-order chi connectivity index (χ1) is 64.4. The Morgan fingerprint density at radius 2 is 0.531 bits per heavy atom. The third-order valence-corrected chi connectivity index (χ3v) is 29.6. The van der Waals surface area contributed by atoms with Crippen LogP contribution in [0.3, 0.4) is 0 Å². The second kappa shape index (κ2) is 29.5. The molecule has 0 saturated heterocycles. The highest BCUT2D eigenvalue weighted by Crippen LogP contribution is 2.53. The summed E-state index contributed by atoms with van der Waals surface area (Å²) in [5, 5.41) is 24.4. The van der Waals surface area contributed by atoms with Crippen molar-refractivity contribution in [1.82, 2.24) is 24.1 Å². The normalized spacial score (nSPS) is 12.0. The fourth-order valence-corrected chi connectivity index (χ4v) is 23.6. The molecule has 5 heterocycles. The molecule has 0 saturated carbocycles. The maximum Gasteiger partial charge on any atom is 0.238 e. The molecule has 130 heavy (non-hydrogen) atoms. The summed E-state index contributed by atoms with van der Waals surface area (Å²) in [5.74, 6) is 1.69. The van der Waals surface area contributed by atoms with Gasteiger partial charge in [0.15, 0.2) is 11.6 Å². The fraction of sp³-hybridized carbons (Fsp3) is 0. The summed E-state index contributed by atoms with van der Waals surface area (Å²) in [7, 11) is 0. The van der Waals surface area contributed by atoms with Crippen LogP contribution in [0.15, 0.2) is 443 Å². The van der Waals surface area contributed by atoms with Gasteiger partial charge < -0.3 is 4.57 Å². The Hall–Kier alpha value is -16.6. The lowest BCUT2D eigenvalue weighted by Gasteiger charge is -2.17. The quantitative estimate of drug-likeness (QED) is 0.115. The van der Waals surface area contributed by atoms with Gasteiger partial charge in [-0.1, -0.05) is 358 Å². The molecule has 0 radical (unpaired) electrons. The average molecular weight is 1690 g/mol. The van der Waals surface area contributed by atoms with Gasteiger partial charge in [0.2, 0.25) is 5.95 Å². The molecule has 602 valence electrons. The third kappa shape index (κ3) is 11.7. The van der Waals surface area contributed by atoms with E-state index in [0.29, 0.717) is 17.6 Å². The van der Waals surface area contributed by atoms with E-state index in [2.05, 4.69) is 440 Å². The largest absolute Gasteiger partial charge is 0.307 e. The number of nitrogens with zero attached hydrogens (tertiary/aromatic N) is 5. The van der Waals surface area contributed by atoms with Gasteiger partial charge in [-0.3, -0.25) is 4.57 Å². The molecular weight excluding hydrogens is 1610 g/mol. The van der Waals surface area contributed by atoms with Crippen LogP contribution in [0.5, 0.6) is 0 Å². The van der Waals surface area contributed by atoms with Gasteiger partial charge in [0.05, 0.1) is 22.1 Å². The minimum atomic E-state index is 0.518. The summed E-state index contributed by atoms with van der Waals surface area (Å²) in [5.41, 5.74) is 25.4. The van der Waals surface area contributed by atoms with Crippen LogP contribution in [-0.4, -0.2) is 24.1 Å². The fourth-order valence-electron chi connectivity index (χ4n) is 21.1. The van der Waals surface area contributed by atoms with Crippen molar-refractivity contribution in [3.63, 3.8) is 0 Å². The number of para-hydroxylation sites is 2. The average Bonchev–Trinajstić information content (AvgIpc) is 1.51. The van der Waals surface area contributed by atoms with Gasteiger partial charge in [-0.15, -0.1) is 22.7 Å². The van der Waals surface area contributed by atoms with Crippen LogP contribution in [0.1, 0.15) is 0 Å². The van der Waals surface area contributed by atoms with E-state index in [1.54, 1.807) is 0 Å². The Labute approximate surface area is 755 Å². The Morgan fingerprint density at radius 3 is 1.05 bits per heavy atom. The maximum atomic E-state index is 5.62. The van der Waals surface area contributed by atoms with Crippen LogP contribution in [0, 0.1) is 0 Å². The van der Waals surface area contributed by atoms with E-state index in [1.807, 2.05) is 34.8 Å². The smallest absolute Gasteiger partial charge is 0.238 e. The molecule has 0 N–H and O–H groups in total. The van der Waals surface area contributed by atoms with E-state index in [1.165, 1.54) is 144 Å². The van der Waals surface area contributed by atoms with Crippen molar-refractivity contribution in [3.8, 4) is 123 Å². The predicted octanol–water partition coefficient (Wildman–Crippen LogP) is 34.4. The zero-order chi connectivity index (χ0) is 85.2. The zero-order valence-corrected chi connectivity index (χ0v) is 71.8. The number of hydrogen-bond donors (Lipinski definition) is 0. The first kappa shape index (κ1) is 73.8. The summed E-state index contributed by atoms with van der Waals surface area (Å²) in [4.78, 5) is 16.6. The third-order valence-electron chi connectivity index (χ3n) is 27.1. The number of benzene rings is 22. The van der Waals surface area contributed by atoms with Crippen LogP contribution in [0.4, 0.5) is 0 Å². The number of aromatic nitrogens is 5. The number of fused-ring (bicyclic) bond motifs is 25. The molecule has 0 fully saturated rings. The lowest BCUT2D eigenvalue weighted by molar-refractivity contribution is 0.953. The van der Waals surface area contributed by atoms with E-state index in [4.69, 9.17) is 15.0 Å². The highest BCUT2D eigenvalue weighted by Gasteiger charge is 2.30. The monoisotopic (exact) mass is 1680 g/mol. The van der Waals surface area contributed by atoms with Gasteiger partial charge in [-0.2, -0.15) is 9.97 Å². The van der Waals surface area contributed by atoms with E-state index < -0.39 is 0 Å². The summed E-state index contributed by atoms with van der Waals surface area (Å²) < 4.78 is 9.97. The number of rotatable bonds is 12. The van der Waals surface area contributed by atoms with Crippen LogP contribution in [0.2, 0.25) is 0 Å². The summed E-state index contributed by atoms with van der Waals surface area (Å²) in [6.45, 7) is 0. The molecule has 27 rings (SSSR count). The minimum Gasteiger partial charge on any atom is -0.307 e. The molecule has 7 heteroatoms. The lowest BCUT2D eigenvalue weighted by Crippen LogP contribution is -2.07. The van der Waals surface area contributed by atoms with Crippen molar-refractivity contribution in [2.45, 2.75) is 0 Å². The van der Waals surface area contributed by atoms with Gasteiger partial charge in [-0.05, 0) is 233 Å². The van der Waals surface area contributed by atoms with E-state index in [-0.39, 0.29) is 0 Å². The molecule has 0 amide bonds. The molecule has 0 bridgehead atoms. The highest BCUT2D eigenvalue weighted by atomic mass is 32.1. The molecule has 5 aromatic heterocycles. The van der Waals surface area contributed by atoms with Crippen molar-refractivity contribution in [1.29, 1.82) is 0 Å². The van der Waals surface area contributed by atoms with Gasteiger partial charge in [-0.25, -0.2) is 4.98 Å². The van der Waals surface area contributed by atoms with E-state index in [0.717, 1.165) is 110 Å². The molecule has 0 aliphatic heterocycles. The van der Waals surface area contributed by atoms with Crippen LogP contribution >= 0.6 is 22.7 Å². The van der Waals surface area contributed by atoms with E-state index >= 15 is 0 Å². The Morgan fingerprint density at radius 1 is 0.169 bits per heavy atom. The summed E-state index contributed by atoms with van der Waals surface area (Å²) >= 11 is 3.75. The van der Waals surface area contributed by atoms with Crippen molar-refractivity contribution >= 4 is 171 Å². The summed E-state index contributed by atoms with van der Waals surface area (Å²) in [6, 6.07) is 164. The molecule has 0 atom stereocenters. The molecule has 27 aromatic rings. The van der Waals surface area contributed by atoms with Crippen molar-refractivity contribution < 1.29 is 0 Å². The predicted molar refractivity (Wildman–Crippen MR) is 554 cm³/mol. The molecule has 22 aromatic carbocycles. The Kier molecular flexibility index (Phi) is 16.8. The molecule has 5 nitrogen and oxygen atoms in total. The van der Waals surface area contributed by atoms with Gasteiger partial charge >= 0.3 is 0 Å². The molecule has 0 aliphatic carbocycles. The van der Waals surface area contributed by atoms with Crippen LogP contribution in [-0.2, 0) is 0 Å². The Balaban J connectivity index is 0.668. The van der Waals surface area contributed by atoms with Gasteiger partial charge in [0.1, 0.15) is 0 Å². The second-order valence-electron chi connectivity index (χ2n) is 34.3. The first-order valence-corrected chi connectivity index (χ1v) is 46.0. The van der Waals surface area contributed by atoms with E-state index in [9.17, 15) is 0 Å². The highest BCUT2D eigenvalue weighted by molar-refractivity contribution is 7.26. The molecule has 0 aliphatic rings. The van der Waals surface area contributed by atoms with Crippen molar-refractivity contribution in [2.75, 3.05) is 0 Å². The van der Waals surface area contributed by atoms with Crippen molar-refractivity contribution in [2.24, 2.45) is 0 Å². The van der Waals surface area contributed by atoms with Gasteiger partial charge in [0.25, 0.3) is 0 Å². The standard InChI is InChI=1S/C123H73N5S2/c1-4-27-74(28-5-1)121-124-122(75-29-6-2-7-30-75)126-123(125-121)128-112-52-19-16-45-99(112)111-73-110(98-63-58-83(71-109(98)104-51-26-50-103-101-47-18-21-54-115(101)130-120(103)104)80-35-24-36-86(67-80)88-48-25-49-102-100-46-17-20-53-114(100)129-119(88)102)116-105-64-59-85(72-113(105)127(118(116)117(111)128)87-37-8-3-9-38-87)84-56-61-96-92-42-13-15-44-94(92)107-69-82(57-62-97(107)108(96)70-84)79-34-23-32-77(66-79)76-31-22-33-78(65-76)81-55-60-95-91-41-11-10-39-89(91)90-40-12-14-43-93(90)106(95)68-81/h1-73H. The summed E-state index contributed by atoms with van der Waals surface area (Å²) in [6.07, 6.45) is 0. The number of hydrogen-bond acceptors (Lipinski definition) is 5. The SMILES string of the molecule is c1ccc(-c2nc(-c3ccccc3)nc(-n3c4ccccc4c4cc(-c5ccc(-c6cccc(-c7cccc8c7sc7ccccc78)c6)cc5-c5cccc6c5sc5ccccc56)c5c6ccc(-c7ccc8c9ccccc9c9cc(-c%10cccc(-c%11cccc(-c%12ccc%13c%14ccccc%14c%14ccccc%14c%13c%12)c%11)c%10)ccc9c8c7)cc6n(-c6ccccc6)c5c43)n2)cc1. The zero-order valence-electron chi connectivity index (χ0n) is 70.2. The van der Waals surface area contributed by atoms with Crippen LogP contribution in [0.25, 0.3) is 272 Å². The van der Waals surface area contributed by atoms with Crippen LogP contribution < -0.4 is 0 Å². The van der Waals surface area contributed by atoms with Gasteiger partial charge in [0, 0.05) is 84.3 Å². The molecular formula is C123H73N5S2. The number of thiophene rings is 2. The lowest BCUT2D eigenvalue weighted by atomic mass is 9.87. The minimum absolute atomic E-state index is 0.518. The van der Waals surface area contributed by atoms with Crippen molar-refractivity contribution in [3.05, 3.63) is 443 Å². The molecule has 0 unspecified atom stereocenters. The molecule has 0 spiro atoms. The maximum absolute atomic E-state index is 5.62. The Bertz CT molecular complexity index is 9350. The first-order valence-electron chi connectivity index (χ1n) is 44.4. The second-order valence-corrected chi connectivity index (χ2v) is 36.4. The topological polar surface area (TPSA) is 48.5 Å².